The van der Waals surface area contributed by atoms with E-state index in [-0.39, 0.29) is 23.8 Å². The van der Waals surface area contributed by atoms with Crippen LogP contribution >= 0.6 is 0 Å². The zero-order chi connectivity index (χ0) is 24.0. The highest BCUT2D eigenvalue weighted by Gasteiger charge is 2.36. The molecule has 0 saturated carbocycles. The van der Waals surface area contributed by atoms with Gasteiger partial charge in [-0.15, -0.1) is 0 Å². The van der Waals surface area contributed by atoms with Crippen molar-refractivity contribution in [1.82, 2.24) is 0 Å². The van der Waals surface area contributed by atoms with Gasteiger partial charge in [0.25, 0.3) is 0 Å². The number of hydrogen-bond acceptors (Lipinski definition) is 6. The molecule has 2 unspecified atom stereocenters. The lowest BCUT2D eigenvalue weighted by atomic mass is 9.88. The minimum Gasteiger partial charge on any atom is -0.477 e. The molecule has 0 bridgehead atoms. The lowest BCUT2D eigenvalue weighted by Crippen LogP contribution is -2.36. The third kappa shape index (κ3) is 3.95. The summed E-state index contributed by atoms with van der Waals surface area (Å²) in [6.45, 7) is 8.75. The van der Waals surface area contributed by atoms with Crippen molar-refractivity contribution in [2.24, 2.45) is 11.8 Å². The molecule has 6 nitrogen and oxygen atoms in total. The quantitative estimate of drug-likeness (QED) is 0.379. The molecule has 5 rings (SSSR count). The Morgan fingerprint density at radius 2 is 1.18 bits per heavy atom. The normalized spacial score (nSPS) is 18.6. The minimum atomic E-state index is -0.697. The van der Waals surface area contributed by atoms with E-state index in [1.165, 1.54) is 0 Å². The molecule has 6 heteroatoms. The van der Waals surface area contributed by atoms with Crippen LogP contribution in [0.1, 0.15) is 38.8 Å². The molecule has 3 aromatic carbocycles. The molecule has 178 valence electrons. The average Bonchev–Trinajstić information content (AvgIpc) is 2.83. The van der Waals surface area contributed by atoms with Crippen LogP contribution in [0.5, 0.6) is 11.5 Å². The van der Waals surface area contributed by atoms with Crippen LogP contribution in [0.2, 0.25) is 0 Å². The van der Waals surface area contributed by atoms with Crippen molar-refractivity contribution < 1.29 is 28.5 Å². The molecule has 2 aliphatic heterocycles. The summed E-state index contributed by atoms with van der Waals surface area (Å²) in [5, 5.41) is 3.60. The Hall–Kier alpha value is -3.28. The highest BCUT2D eigenvalue weighted by atomic mass is 16.6. The van der Waals surface area contributed by atoms with Crippen molar-refractivity contribution >= 4 is 33.5 Å². The summed E-state index contributed by atoms with van der Waals surface area (Å²) < 4.78 is 23.6. The molecule has 2 aliphatic rings. The van der Waals surface area contributed by atoms with Gasteiger partial charge in [-0.3, -0.25) is 0 Å². The predicted octanol–water partition coefficient (Wildman–Crippen LogP) is 5.00. The Kier molecular flexibility index (Phi) is 5.84. The van der Waals surface area contributed by atoms with Gasteiger partial charge in [-0.1, -0.05) is 64.1 Å². The monoisotopic (exact) mass is 462 g/mol. The van der Waals surface area contributed by atoms with Gasteiger partial charge < -0.3 is 18.9 Å². The fourth-order valence-corrected chi connectivity index (χ4v) is 4.68. The Morgan fingerprint density at radius 1 is 0.765 bits per heavy atom. The van der Waals surface area contributed by atoms with E-state index >= 15 is 0 Å². The van der Waals surface area contributed by atoms with Crippen molar-refractivity contribution in [2.75, 3.05) is 13.2 Å². The first kappa shape index (κ1) is 22.5. The number of esters is 2. The van der Waals surface area contributed by atoms with Crippen LogP contribution in [0, 0.1) is 11.8 Å². The Labute approximate surface area is 199 Å². The topological polar surface area (TPSA) is 71.1 Å². The second-order valence-corrected chi connectivity index (χ2v) is 10.0. The highest BCUT2D eigenvalue weighted by molar-refractivity contribution is 6.14. The summed E-state index contributed by atoms with van der Waals surface area (Å²) >= 11 is 0. The van der Waals surface area contributed by atoms with E-state index in [1.807, 2.05) is 64.1 Å². The Morgan fingerprint density at radius 3 is 1.56 bits per heavy atom. The second kappa shape index (κ2) is 8.82. The number of fused-ring (bicyclic) bond motifs is 2. The SMILES string of the molecule is CC(C)COC(=O)C1Cc2cccc3c4c5c(cccc5c(c23)O1)CC(C(=O)OCC(C)C)O4. The van der Waals surface area contributed by atoms with Gasteiger partial charge in [-0.2, -0.15) is 0 Å². The van der Waals surface area contributed by atoms with E-state index < -0.39 is 12.2 Å². The van der Waals surface area contributed by atoms with Gasteiger partial charge in [0.05, 0.1) is 13.2 Å². The van der Waals surface area contributed by atoms with Crippen LogP contribution in [-0.2, 0) is 31.9 Å². The number of rotatable bonds is 6. The fourth-order valence-electron chi connectivity index (χ4n) is 4.68. The van der Waals surface area contributed by atoms with Gasteiger partial charge in [0, 0.05) is 34.4 Å². The third-order valence-electron chi connectivity index (χ3n) is 6.22. The van der Waals surface area contributed by atoms with Gasteiger partial charge in [0.15, 0.2) is 12.2 Å². The first-order chi connectivity index (χ1) is 16.3. The molecule has 2 atom stereocenters. The van der Waals surface area contributed by atoms with Gasteiger partial charge in [0.2, 0.25) is 0 Å². The number of carbonyl (C=O) groups excluding carboxylic acids is 2. The lowest BCUT2D eigenvalue weighted by molar-refractivity contribution is -0.153. The summed E-state index contributed by atoms with van der Waals surface area (Å²) in [7, 11) is 0. The van der Waals surface area contributed by atoms with Crippen molar-refractivity contribution in [1.29, 1.82) is 0 Å². The lowest BCUT2D eigenvalue weighted by Gasteiger charge is -2.31. The fraction of sp³-hybridized carbons (Fsp3) is 0.429. The van der Waals surface area contributed by atoms with Crippen molar-refractivity contribution in [3.8, 4) is 11.5 Å². The molecule has 0 aromatic heterocycles. The molecule has 0 fully saturated rings. The molecular formula is C28H30O6. The summed E-state index contributed by atoms with van der Waals surface area (Å²) in [5.74, 6) is 1.16. The first-order valence-corrected chi connectivity index (χ1v) is 12.0. The maximum Gasteiger partial charge on any atom is 0.347 e. The predicted molar refractivity (Wildman–Crippen MR) is 129 cm³/mol. The summed E-state index contributed by atoms with van der Waals surface area (Å²) in [6, 6.07) is 11.9. The second-order valence-electron chi connectivity index (χ2n) is 10.0. The largest absolute Gasteiger partial charge is 0.477 e. The molecular weight excluding hydrogens is 432 g/mol. The summed E-state index contributed by atoms with van der Waals surface area (Å²) in [5.41, 5.74) is 2.00. The molecule has 0 radical (unpaired) electrons. The number of benzene rings is 3. The summed E-state index contributed by atoms with van der Waals surface area (Å²) in [4.78, 5) is 25.5. The van der Waals surface area contributed by atoms with Crippen LogP contribution in [0.3, 0.4) is 0 Å². The molecule has 0 N–H and O–H groups in total. The minimum absolute atomic E-state index is 0.254. The molecule has 0 saturated heterocycles. The third-order valence-corrected chi connectivity index (χ3v) is 6.22. The van der Waals surface area contributed by atoms with Gasteiger partial charge in [0.1, 0.15) is 11.5 Å². The highest BCUT2D eigenvalue weighted by Crippen LogP contribution is 2.49. The molecule has 0 spiro atoms. The molecule has 0 aliphatic carbocycles. The van der Waals surface area contributed by atoms with Crippen LogP contribution in [-0.4, -0.2) is 37.4 Å². The average molecular weight is 463 g/mol. The van der Waals surface area contributed by atoms with Crippen LogP contribution in [0.25, 0.3) is 21.5 Å². The number of ether oxygens (including phenoxy) is 4. The van der Waals surface area contributed by atoms with Crippen molar-refractivity contribution in [3.63, 3.8) is 0 Å². The standard InChI is InChI=1S/C28H30O6/c1-15(2)13-31-27(29)21-11-17-7-5-10-20-23(17)25(33-21)19-9-6-8-18-12-22(34-26(20)24(18)19)28(30)32-14-16(3)4/h5-10,15-16,21-22H,11-14H2,1-4H3. The summed E-state index contributed by atoms with van der Waals surface area (Å²) in [6.07, 6.45) is -0.549. The number of carbonyl (C=O) groups is 2. The zero-order valence-electron chi connectivity index (χ0n) is 20.1. The van der Waals surface area contributed by atoms with Crippen molar-refractivity contribution in [3.05, 3.63) is 47.5 Å². The molecule has 34 heavy (non-hydrogen) atoms. The van der Waals surface area contributed by atoms with Crippen LogP contribution in [0.4, 0.5) is 0 Å². The zero-order valence-corrected chi connectivity index (χ0v) is 20.1. The Bertz CT molecular complexity index is 1180. The van der Waals surface area contributed by atoms with Crippen LogP contribution in [0.15, 0.2) is 36.4 Å². The van der Waals surface area contributed by atoms with E-state index in [4.69, 9.17) is 18.9 Å². The molecule has 0 amide bonds. The van der Waals surface area contributed by atoms with E-state index in [9.17, 15) is 9.59 Å². The van der Waals surface area contributed by atoms with E-state index in [2.05, 4.69) is 0 Å². The van der Waals surface area contributed by atoms with E-state index in [0.717, 1.165) is 32.7 Å². The maximum absolute atomic E-state index is 12.8. The van der Waals surface area contributed by atoms with Crippen molar-refractivity contribution in [2.45, 2.75) is 52.7 Å². The van der Waals surface area contributed by atoms with E-state index in [1.54, 1.807) is 0 Å². The van der Waals surface area contributed by atoms with Gasteiger partial charge in [-0.25, -0.2) is 9.59 Å². The first-order valence-electron chi connectivity index (χ1n) is 12.0. The molecule has 3 aromatic rings. The maximum atomic E-state index is 12.8. The van der Waals surface area contributed by atoms with E-state index in [0.29, 0.717) is 37.6 Å². The Balaban J connectivity index is 1.57. The smallest absolute Gasteiger partial charge is 0.347 e. The van der Waals surface area contributed by atoms with Gasteiger partial charge in [-0.05, 0) is 23.0 Å². The number of hydrogen-bond donors (Lipinski definition) is 0. The van der Waals surface area contributed by atoms with Gasteiger partial charge >= 0.3 is 11.9 Å². The van der Waals surface area contributed by atoms with Crippen LogP contribution < -0.4 is 9.47 Å². The molecule has 2 heterocycles.